The van der Waals surface area contributed by atoms with Crippen LogP contribution < -0.4 is 5.32 Å². The summed E-state index contributed by atoms with van der Waals surface area (Å²) in [5.41, 5.74) is 0.0367. The van der Waals surface area contributed by atoms with Gasteiger partial charge < -0.3 is 5.32 Å². The Morgan fingerprint density at radius 2 is 2.00 bits per heavy atom. The van der Waals surface area contributed by atoms with Crippen LogP contribution in [0.2, 0.25) is 4.34 Å². The maximum Gasteiger partial charge on any atom is 0.253 e. The molecule has 9 heteroatoms. The van der Waals surface area contributed by atoms with Crippen molar-refractivity contribution in [1.82, 2.24) is 4.31 Å². The van der Waals surface area contributed by atoms with Gasteiger partial charge in [-0.3, -0.25) is 4.79 Å². The van der Waals surface area contributed by atoms with Crippen molar-refractivity contribution in [3.8, 4) is 0 Å². The Morgan fingerprint density at radius 3 is 2.68 bits per heavy atom. The van der Waals surface area contributed by atoms with Crippen molar-refractivity contribution in [2.75, 3.05) is 11.9 Å². The number of piperidine rings is 1. The van der Waals surface area contributed by atoms with Crippen LogP contribution in [0.4, 0.5) is 10.1 Å². The highest BCUT2D eigenvalue weighted by Gasteiger charge is 2.38. The number of carbonyl (C=O) groups is 1. The van der Waals surface area contributed by atoms with Crippen LogP contribution in [0.5, 0.6) is 0 Å². The van der Waals surface area contributed by atoms with Crippen molar-refractivity contribution in [3.63, 3.8) is 0 Å². The molecule has 0 unspecified atom stereocenters. The molecule has 25 heavy (non-hydrogen) atoms. The lowest BCUT2D eigenvalue weighted by molar-refractivity contribution is -0.120. The molecule has 1 atom stereocenters. The summed E-state index contributed by atoms with van der Waals surface area (Å²) in [6.07, 6.45) is 1.78. The molecule has 1 aromatic heterocycles. The molecular weight excluding hydrogens is 387 g/mol. The molecule has 0 radical (unpaired) electrons. The van der Waals surface area contributed by atoms with Crippen LogP contribution in [0.15, 0.2) is 40.6 Å². The van der Waals surface area contributed by atoms with Crippen molar-refractivity contribution in [2.45, 2.75) is 29.5 Å². The van der Waals surface area contributed by atoms with Crippen molar-refractivity contribution in [2.24, 2.45) is 0 Å². The highest BCUT2D eigenvalue weighted by molar-refractivity contribution is 7.91. The summed E-state index contributed by atoms with van der Waals surface area (Å²) < 4.78 is 41.1. The van der Waals surface area contributed by atoms with Gasteiger partial charge in [0.2, 0.25) is 5.91 Å². The second-order valence-electron chi connectivity index (χ2n) is 5.65. The molecule has 3 rings (SSSR count). The third kappa shape index (κ3) is 3.87. The highest BCUT2D eigenvalue weighted by Crippen LogP contribution is 2.32. The Hall–Kier alpha value is -1.48. The van der Waals surface area contributed by atoms with Crippen molar-refractivity contribution >= 4 is 44.6 Å². The predicted octanol–water partition coefficient (Wildman–Crippen LogP) is 3.72. The number of amides is 1. The molecule has 1 N–H and O–H groups in total. The maximum atomic E-state index is 13.8. The van der Waals surface area contributed by atoms with Crippen LogP contribution in [0.3, 0.4) is 0 Å². The SMILES string of the molecule is O=C(Nc1ccccc1F)[C@@H]1CCCCN1S(=O)(=O)c1ccc(Cl)s1. The van der Waals surface area contributed by atoms with Crippen LogP contribution in [0.25, 0.3) is 0 Å². The smallest absolute Gasteiger partial charge is 0.253 e. The van der Waals surface area contributed by atoms with E-state index in [1.54, 1.807) is 6.07 Å². The van der Waals surface area contributed by atoms with E-state index in [4.69, 9.17) is 11.6 Å². The van der Waals surface area contributed by atoms with Gasteiger partial charge in [0.05, 0.1) is 10.0 Å². The fourth-order valence-electron chi connectivity index (χ4n) is 2.79. The monoisotopic (exact) mass is 402 g/mol. The topological polar surface area (TPSA) is 66.5 Å². The number of halogens is 2. The summed E-state index contributed by atoms with van der Waals surface area (Å²) in [6, 6.07) is 7.86. The third-order valence-corrected chi connectivity index (χ3v) is 7.61. The number of hydrogen-bond donors (Lipinski definition) is 1. The van der Waals surface area contributed by atoms with E-state index in [-0.39, 0.29) is 16.4 Å². The standard InChI is InChI=1S/C16H16ClFN2O3S2/c17-14-8-9-15(24-14)25(22,23)20-10-4-3-7-13(20)16(21)19-12-6-2-1-5-11(12)18/h1-2,5-6,8-9,13H,3-4,7,10H2,(H,19,21)/t13-/m0/s1. The lowest BCUT2D eigenvalue weighted by Crippen LogP contribution is -2.49. The number of carbonyl (C=O) groups excluding carboxylic acids is 1. The fourth-order valence-corrected chi connectivity index (χ4v) is 6.05. The number of nitrogens with one attached hydrogen (secondary N) is 1. The van der Waals surface area contributed by atoms with Crippen LogP contribution in [0, 0.1) is 5.82 Å². The summed E-state index contributed by atoms with van der Waals surface area (Å²) >= 11 is 6.80. The van der Waals surface area contributed by atoms with Gasteiger partial charge in [-0.25, -0.2) is 12.8 Å². The average molecular weight is 403 g/mol. The van der Waals surface area contributed by atoms with Gasteiger partial charge in [-0.05, 0) is 37.1 Å². The van der Waals surface area contributed by atoms with Gasteiger partial charge >= 0.3 is 0 Å². The lowest BCUT2D eigenvalue weighted by Gasteiger charge is -2.33. The number of anilines is 1. The van der Waals surface area contributed by atoms with E-state index in [0.717, 1.165) is 17.8 Å². The molecule has 0 bridgehead atoms. The molecule has 1 aliphatic heterocycles. The van der Waals surface area contributed by atoms with Gasteiger partial charge in [0.1, 0.15) is 16.1 Å². The Bertz CT molecular complexity index is 885. The van der Waals surface area contributed by atoms with Crippen LogP contribution in [-0.4, -0.2) is 31.2 Å². The van der Waals surface area contributed by atoms with Crippen molar-refractivity contribution < 1.29 is 17.6 Å². The average Bonchev–Trinajstić information content (AvgIpc) is 3.04. The molecule has 1 aliphatic rings. The Morgan fingerprint density at radius 1 is 1.24 bits per heavy atom. The van der Waals surface area contributed by atoms with Crippen molar-refractivity contribution in [3.05, 3.63) is 46.6 Å². The first-order chi connectivity index (χ1) is 11.9. The molecule has 5 nitrogen and oxygen atoms in total. The molecule has 0 aliphatic carbocycles. The molecule has 2 aromatic rings. The zero-order valence-electron chi connectivity index (χ0n) is 13.1. The molecule has 0 saturated carbocycles. The number of hydrogen-bond acceptors (Lipinski definition) is 4. The normalized spacial score (nSPS) is 18.9. The van der Waals surface area contributed by atoms with Crippen molar-refractivity contribution in [1.29, 1.82) is 0 Å². The summed E-state index contributed by atoms with van der Waals surface area (Å²) in [6.45, 7) is 0.243. The first-order valence-electron chi connectivity index (χ1n) is 7.72. The maximum absolute atomic E-state index is 13.8. The zero-order chi connectivity index (χ0) is 18.0. The fraction of sp³-hybridized carbons (Fsp3) is 0.312. The number of rotatable bonds is 4. The van der Waals surface area contributed by atoms with Crippen LogP contribution in [0.1, 0.15) is 19.3 Å². The molecule has 1 saturated heterocycles. The minimum Gasteiger partial charge on any atom is -0.322 e. The molecule has 1 aromatic carbocycles. The zero-order valence-corrected chi connectivity index (χ0v) is 15.5. The quantitative estimate of drug-likeness (QED) is 0.847. The predicted molar refractivity (Wildman–Crippen MR) is 95.9 cm³/mol. The van der Waals surface area contributed by atoms with Gasteiger partial charge in [-0.1, -0.05) is 30.2 Å². The first-order valence-corrected chi connectivity index (χ1v) is 10.4. The minimum atomic E-state index is -3.82. The van der Waals surface area contributed by atoms with Gasteiger partial charge in [0.25, 0.3) is 10.0 Å². The number of para-hydroxylation sites is 1. The van der Waals surface area contributed by atoms with Gasteiger partial charge in [-0.2, -0.15) is 4.31 Å². The molecule has 1 fully saturated rings. The van der Waals surface area contributed by atoms with Gasteiger partial charge in [0, 0.05) is 6.54 Å². The summed E-state index contributed by atoms with van der Waals surface area (Å²) in [5, 5.41) is 2.50. The molecule has 134 valence electrons. The molecule has 1 amide bonds. The molecule has 2 heterocycles. The van der Waals surface area contributed by atoms with Crippen LogP contribution >= 0.6 is 22.9 Å². The van der Waals surface area contributed by atoms with E-state index in [0.29, 0.717) is 17.2 Å². The second kappa shape index (κ2) is 7.41. The Kier molecular flexibility index (Phi) is 5.43. The third-order valence-electron chi connectivity index (χ3n) is 4.00. The van der Waals surface area contributed by atoms with E-state index in [1.165, 1.54) is 34.6 Å². The summed E-state index contributed by atoms with van der Waals surface area (Å²) in [5.74, 6) is -1.10. The Labute approximate surface area is 154 Å². The highest BCUT2D eigenvalue weighted by atomic mass is 35.5. The number of sulfonamides is 1. The first kappa shape index (κ1) is 18.3. The van der Waals surface area contributed by atoms with E-state index >= 15 is 0 Å². The summed E-state index contributed by atoms with van der Waals surface area (Å²) in [4.78, 5) is 12.6. The summed E-state index contributed by atoms with van der Waals surface area (Å²) in [7, 11) is -3.82. The molecule has 0 spiro atoms. The largest absolute Gasteiger partial charge is 0.322 e. The molecular formula is C16H16ClFN2O3S2. The minimum absolute atomic E-state index is 0.0367. The second-order valence-corrected chi connectivity index (χ2v) is 9.49. The van der Waals surface area contributed by atoms with E-state index in [2.05, 4.69) is 5.32 Å². The number of thiophene rings is 1. The van der Waals surface area contributed by atoms with E-state index in [9.17, 15) is 17.6 Å². The van der Waals surface area contributed by atoms with Gasteiger partial charge in [0.15, 0.2) is 0 Å². The van der Waals surface area contributed by atoms with E-state index in [1.807, 2.05) is 0 Å². The number of benzene rings is 1. The lowest BCUT2D eigenvalue weighted by atomic mass is 10.0. The number of nitrogens with zero attached hydrogens (tertiary/aromatic N) is 1. The Balaban J connectivity index is 1.86. The van der Waals surface area contributed by atoms with Crippen LogP contribution in [-0.2, 0) is 14.8 Å². The van der Waals surface area contributed by atoms with E-state index < -0.39 is 27.8 Å². The van der Waals surface area contributed by atoms with Gasteiger partial charge in [-0.15, -0.1) is 11.3 Å².